The lowest BCUT2D eigenvalue weighted by Crippen LogP contribution is -2.48. The van der Waals surface area contributed by atoms with Crippen molar-refractivity contribution in [3.8, 4) is 11.8 Å². The number of nitrogens with one attached hydrogen (secondary N) is 1. The van der Waals surface area contributed by atoms with Crippen LogP contribution in [0.2, 0.25) is 0 Å². The van der Waals surface area contributed by atoms with Crippen molar-refractivity contribution in [2.45, 2.75) is 57.5 Å². The van der Waals surface area contributed by atoms with Gasteiger partial charge in [-0.25, -0.2) is 4.98 Å². The van der Waals surface area contributed by atoms with Crippen LogP contribution in [0.3, 0.4) is 0 Å². The highest BCUT2D eigenvalue weighted by Crippen LogP contribution is 2.60. The van der Waals surface area contributed by atoms with Crippen molar-refractivity contribution in [3.05, 3.63) is 52.2 Å². The Labute approximate surface area is 189 Å². The van der Waals surface area contributed by atoms with Gasteiger partial charge < -0.3 is 9.84 Å². The average molecular weight is 431 g/mol. The molecule has 1 heterocycles. The summed E-state index contributed by atoms with van der Waals surface area (Å²) in [6, 6.07) is 10.1. The van der Waals surface area contributed by atoms with E-state index in [1.165, 1.54) is 44.1 Å². The smallest absolute Gasteiger partial charge is 0.164 e. The van der Waals surface area contributed by atoms with Gasteiger partial charge in [0.05, 0.1) is 12.8 Å². The molecule has 0 aliphatic heterocycles. The van der Waals surface area contributed by atoms with E-state index in [-0.39, 0.29) is 11.2 Å². The number of hydrogen-bond donors (Lipinski definition) is 2. The van der Waals surface area contributed by atoms with Gasteiger partial charge in [0, 0.05) is 23.9 Å². The van der Waals surface area contributed by atoms with E-state index in [1.807, 2.05) is 13.0 Å². The first-order chi connectivity index (χ1) is 15.5. The molecule has 166 valence electrons. The number of methoxy groups -OCH3 is 1. The normalized spacial score (nSPS) is 28.2. The zero-order valence-electron chi connectivity index (χ0n) is 18.8. The quantitative estimate of drug-likeness (QED) is 0.496. The molecule has 6 rings (SSSR count). The number of nitriles is 1. The summed E-state index contributed by atoms with van der Waals surface area (Å²) in [6.45, 7) is 2.20. The second-order valence-electron chi connectivity index (χ2n) is 10.0. The third kappa shape index (κ3) is 3.75. The van der Waals surface area contributed by atoms with Gasteiger partial charge in [-0.05, 0) is 92.4 Å². The lowest BCUT2D eigenvalue weighted by Gasteiger charge is -2.57. The van der Waals surface area contributed by atoms with Crippen LogP contribution in [-0.2, 0) is 16.8 Å². The van der Waals surface area contributed by atoms with Crippen molar-refractivity contribution in [2.24, 2.45) is 22.9 Å². The molecule has 4 aliphatic carbocycles. The zero-order chi connectivity index (χ0) is 22.3. The van der Waals surface area contributed by atoms with Crippen LogP contribution in [-0.4, -0.2) is 23.4 Å². The SMILES string of the molecule is COCc1cc(C)nc(N/N=C/c2cc(C34CC5CC(CC(C5)C3)C4)ccc2O)c1C#N. The molecule has 4 aliphatic rings. The number of hydrogen-bond acceptors (Lipinski definition) is 6. The van der Waals surface area contributed by atoms with Crippen LogP contribution in [0.15, 0.2) is 29.4 Å². The Morgan fingerprint density at radius 2 is 1.91 bits per heavy atom. The molecule has 0 amide bonds. The van der Waals surface area contributed by atoms with Crippen molar-refractivity contribution < 1.29 is 9.84 Å². The summed E-state index contributed by atoms with van der Waals surface area (Å²) in [5, 5.41) is 24.4. The van der Waals surface area contributed by atoms with Crippen LogP contribution >= 0.6 is 0 Å². The van der Waals surface area contributed by atoms with E-state index in [1.54, 1.807) is 19.4 Å². The van der Waals surface area contributed by atoms with Crippen LogP contribution in [0.4, 0.5) is 5.82 Å². The molecule has 32 heavy (non-hydrogen) atoms. The van der Waals surface area contributed by atoms with Crippen LogP contribution in [0.1, 0.15) is 66.5 Å². The molecule has 2 aromatic rings. The van der Waals surface area contributed by atoms with Crippen molar-refractivity contribution in [1.82, 2.24) is 4.98 Å². The summed E-state index contributed by atoms with van der Waals surface area (Å²) in [7, 11) is 1.60. The molecule has 0 atom stereocenters. The maximum atomic E-state index is 10.5. The summed E-state index contributed by atoms with van der Waals surface area (Å²) in [4.78, 5) is 4.42. The van der Waals surface area contributed by atoms with Gasteiger partial charge in [-0.2, -0.15) is 10.4 Å². The Morgan fingerprint density at radius 1 is 1.22 bits per heavy atom. The lowest BCUT2D eigenvalue weighted by molar-refractivity contribution is -0.00520. The topological polar surface area (TPSA) is 90.5 Å². The van der Waals surface area contributed by atoms with Crippen molar-refractivity contribution in [2.75, 3.05) is 12.5 Å². The molecule has 0 spiro atoms. The first-order valence-corrected chi connectivity index (χ1v) is 11.5. The monoisotopic (exact) mass is 430 g/mol. The van der Waals surface area contributed by atoms with Crippen LogP contribution < -0.4 is 5.43 Å². The molecule has 2 N–H and O–H groups in total. The van der Waals surface area contributed by atoms with E-state index in [9.17, 15) is 10.4 Å². The maximum Gasteiger partial charge on any atom is 0.164 e. The lowest BCUT2D eigenvalue weighted by atomic mass is 9.48. The zero-order valence-corrected chi connectivity index (χ0v) is 18.8. The third-order valence-corrected chi connectivity index (χ3v) is 7.69. The van der Waals surface area contributed by atoms with E-state index in [0.29, 0.717) is 23.6 Å². The van der Waals surface area contributed by atoms with Crippen molar-refractivity contribution in [3.63, 3.8) is 0 Å². The fourth-order valence-electron chi connectivity index (χ4n) is 6.83. The highest BCUT2D eigenvalue weighted by Gasteiger charge is 2.51. The Hall–Kier alpha value is -2.91. The molecule has 4 bridgehead atoms. The van der Waals surface area contributed by atoms with Crippen molar-refractivity contribution >= 4 is 12.0 Å². The van der Waals surface area contributed by atoms with Gasteiger partial charge in [-0.3, -0.25) is 5.43 Å². The van der Waals surface area contributed by atoms with Gasteiger partial charge in [0.25, 0.3) is 0 Å². The molecule has 0 radical (unpaired) electrons. The van der Waals surface area contributed by atoms with Crippen molar-refractivity contribution in [1.29, 1.82) is 5.26 Å². The van der Waals surface area contributed by atoms with Crippen LogP contribution in [0.5, 0.6) is 5.75 Å². The number of phenolic OH excluding ortho intramolecular Hbond substituents is 1. The number of aromatic nitrogens is 1. The number of aryl methyl sites for hydroxylation is 1. The van der Waals surface area contributed by atoms with Crippen LogP contribution in [0, 0.1) is 36.0 Å². The first kappa shape index (κ1) is 21.0. The van der Waals surface area contributed by atoms with Gasteiger partial charge in [0.2, 0.25) is 0 Å². The maximum absolute atomic E-state index is 10.5. The van der Waals surface area contributed by atoms with Gasteiger partial charge in [-0.15, -0.1) is 0 Å². The minimum atomic E-state index is 0.210. The molecule has 4 saturated carbocycles. The van der Waals surface area contributed by atoms with Gasteiger partial charge in [0.1, 0.15) is 17.4 Å². The standard InChI is InChI=1S/C26H30N4O2/c1-16-5-21(15-32-2)23(13-27)25(29-16)30-28-14-20-9-22(3-4-24(20)31)26-10-17-6-18(11-26)8-19(7-17)12-26/h3-5,9,14,17-19,31H,6-8,10-12,15H2,1-2H3,(H,29,30)/b28-14+. The molecular weight excluding hydrogens is 400 g/mol. The summed E-state index contributed by atoms with van der Waals surface area (Å²) < 4.78 is 5.21. The molecule has 6 nitrogen and oxygen atoms in total. The minimum absolute atomic E-state index is 0.210. The highest BCUT2D eigenvalue weighted by atomic mass is 16.5. The first-order valence-electron chi connectivity index (χ1n) is 11.5. The number of anilines is 1. The second-order valence-corrected chi connectivity index (χ2v) is 10.0. The molecule has 0 saturated heterocycles. The van der Waals surface area contributed by atoms with Gasteiger partial charge in [-0.1, -0.05) is 6.07 Å². The third-order valence-electron chi connectivity index (χ3n) is 7.69. The molecule has 4 fully saturated rings. The highest BCUT2D eigenvalue weighted by molar-refractivity contribution is 5.84. The van der Waals surface area contributed by atoms with E-state index >= 15 is 0 Å². The van der Waals surface area contributed by atoms with E-state index in [4.69, 9.17) is 4.74 Å². The number of benzene rings is 1. The Bertz CT molecular complexity index is 1070. The number of nitrogens with zero attached hydrogens (tertiary/aromatic N) is 3. The fourth-order valence-corrected chi connectivity index (χ4v) is 6.83. The average Bonchev–Trinajstić information content (AvgIpc) is 2.74. The van der Waals surface area contributed by atoms with E-state index < -0.39 is 0 Å². The Kier molecular flexibility index (Phi) is 5.38. The van der Waals surface area contributed by atoms with Gasteiger partial charge in [0.15, 0.2) is 5.82 Å². The Morgan fingerprint density at radius 3 is 2.53 bits per heavy atom. The number of rotatable bonds is 6. The minimum Gasteiger partial charge on any atom is -0.507 e. The molecule has 0 unspecified atom stereocenters. The summed E-state index contributed by atoms with van der Waals surface area (Å²) in [6.07, 6.45) is 9.68. The molecule has 1 aromatic carbocycles. The van der Waals surface area contributed by atoms with Crippen LogP contribution in [0.25, 0.3) is 0 Å². The number of hydrazone groups is 1. The number of ether oxygens (including phenoxy) is 1. The fraction of sp³-hybridized carbons (Fsp3) is 0.500. The summed E-state index contributed by atoms with van der Waals surface area (Å²) >= 11 is 0. The Balaban J connectivity index is 1.40. The summed E-state index contributed by atoms with van der Waals surface area (Å²) in [5.41, 5.74) is 7.16. The summed E-state index contributed by atoms with van der Waals surface area (Å²) in [5.74, 6) is 3.21. The van der Waals surface area contributed by atoms with Gasteiger partial charge >= 0.3 is 0 Å². The van der Waals surface area contributed by atoms with E-state index in [2.05, 4.69) is 33.7 Å². The molecule has 1 aromatic heterocycles. The number of phenols is 1. The second kappa shape index (κ2) is 8.22. The molecule has 6 heteroatoms. The number of pyridine rings is 1. The van der Waals surface area contributed by atoms with E-state index in [0.717, 1.165) is 29.0 Å². The predicted octanol–water partition coefficient (Wildman–Crippen LogP) is 5.03. The molecular formula is C26H30N4O2. The predicted molar refractivity (Wildman–Crippen MR) is 124 cm³/mol. The largest absolute Gasteiger partial charge is 0.507 e. The number of aromatic hydroxyl groups is 1.